The van der Waals surface area contributed by atoms with Gasteiger partial charge in [0, 0.05) is 36.7 Å². The number of amides is 2. The molecule has 2 aromatic rings. The van der Waals surface area contributed by atoms with Gasteiger partial charge in [-0.15, -0.1) is 0 Å². The quantitative estimate of drug-likeness (QED) is 0.591. The largest absolute Gasteiger partial charge is 0.454 e. The van der Waals surface area contributed by atoms with E-state index in [1.807, 2.05) is 30.3 Å². The van der Waals surface area contributed by atoms with Crippen LogP contribution in [0.4, 0.5) is 5.69 Å². The molecule has 31 heavy (non-hydrogen) atoms. The molecule has 0 radical (unpaired) electrons. The number of ketones is 1. The van der Waals surface area contributed by atoms with Crippen molar-refractivity contribution < 1.29 is 23.9 Å². The van der Waals surface area contributed by atoms with Gasteiger partial charge < -0.3 is 19.7 Å². The second-order valence-electron chi connectivity index (χ2n) is 7.64. The summed E-state index contributed by atoms with van der Waals surface area (Å²) in [6.07, 6.45) is 4.50. The maximum atomic E-state index is 12.8. The number of anilines is 1. The molecule has 0 spiro atoms. The maximum absolute atomic E-state index is 12.8. The highest BCUT2D eigenvalue weighted by molar-refractivity contribution is 6.05. The first-order valence-electron chi connectivity index (χ1n) is 10.3. The minimum absolute atomic E-state index is 0.0580. The second kappa shape index (κ2) is 9.04. The average Bonchev–Trinajstić information content (AvgIpc) is 3.25. The van der Waals surface area contributed by atoms with Crippen LogP contribution in [0.2, 0.25) is 0 Å². The summed E-state index contributed by atoms with van der Waals surface area (Å²) in [5.74, 6) is 0.390. The summed E-state index contributed by atoms with van der Waals surface area (Å²) in [4.78, 5) is 39.0. The van der Waals surface area contributed by atoms with Crippen LogP contribution in [0.3, 0.4) is 0 Å². The number of carbonyl (C=O) groups excluding carboxylic acids is 3. The zero-order chi connectivity index (χ0) is 21.8. The normalized spacial score (nSPS) is 15.8. The lowest BCUT2D eigenvalue weighted by Gasteiger charge is -2.30. The first-order valence-corrected chi connectivity index (χ1v) is 10.3. The molecular formula is C24H24N2O5. The van der Waals surface area contributed by atoms with E-state index in [1.54, 1.807) is 29.2 Å². The lowest BCUT2D eigenvalue weighted by atomic mass is 9.95. The molecule has 0 bridgehead atoms. The molecular weight excluding hydrogens is 396 g/mol. The molecule has 4 rings (SSSR count). The van der Waals surface area contributed by atoms with E-state index in [0.717, 1.165) is 5.56 Å². The Bertz CT molecular complexity index is 1020. The van der Waals surface area contributed by atoms with Crippen LogP contribution in [-0.4, -0.2) is 42.4 Å². The van der Waals surface area contributed by atoms with Crippen molar-refractivity contribution in [3.05, 3.63) is 59.7 Å². The molecule has 0 unspecified atom stereocenters. The molecule has 0 saturated carbocycles. The molecule has 1 saturated heterocycles. The van der Waals surface area contributed by atoms with Gasteiger partial charge >= 0.3 is 0 Å². The van der Waals surface area contributed by atoms with Crippen LogP contribution in [0.1, 0.15) is 35.7 Å². The molecule has 2 aromatic carbocycles. The SMILES string of the molecule is CC(=O)c1cc2c(cc1NC(=O)C1CCN(C(=O)/C=C/c3ccccc3)CC1)OCO2. The summed E-state index contributed by atoms with van der Waals surface area (Å²) in [5.41, 5.74) is 1.78. The van der Waals surface area contributed by atoms with Gasteiger partial charge in [-0.05, 0) is 37.5 Å². The van der Waals surface area contributed by atoms with E-state index in [0.29, 0.717) is 48.7 Å². The van der Waals surface area contributed by atoms with Crippen LogP contribution >= 0.6 is 0 Å². The Hall–Kier alpha value is -3.61. The van der Waals surface area contributed by atoms with Crippen LogP contribution in [0.25, 0.3) is 6.08 Å². The summed E-state index contributed by atoms with van der Waals surface area (Å²) in [5, 5.41) is 2.87. The lowest BCUT2D eigenvalue weighted by molar-refractivity contribution is -0.130. The van der Waals surface area contributed by atoms with E-state index in [1.165, 1.54) is 6.92 Å². The lowest BCUT2D eigenvalue weighted by Crippen LogP contribution is -2.40. The molecule has 0 aromatic heterocycles. The first kappa shape index (κ1) is 20.7. The van der Waals surface area contributed by atoms with E-state index >= 15 is 0 Å². The molecule has 0 aliphatic carbocycles. The highest BCUT2D eigenvalue weighted by Gasteiger charge is 2.28. The number of fused-ring (bicyclic) bond motifs is 1. The number of likely N-dealkylation sites (tertiary alicyclic amines) is 1. The summed E-state index contributed by atoms with van der Waals surface area (Å²) >= 11 is 0. The van der Waals surface area contributed by atoms with Crippen LogP contribution in [0, 0.1) is 5.92 Å². The number of ether oxygens (including phenoxy) is 2. The maximum Gasteiger partial charge on any atom is 0.246 e. The van der Waals surface area contributed by atoms with Gasteiger partial charge in [-0.2, -0.15) is 0 Å². The van der Waals surface area contributed by atoms with Crippen LogP contribution in [0.5, 0.6) is 11.5 Å². The summed E-state index contributed by atoms with van der Waals surface area (Å²) in [7, 11) is 0. The van der Waals surface area contributed by atoms with Gasteiger partial charge in [0.25, 0.3) is 0 Å². The number of nitrogens with one attached hydrogen (secondary N) is 1. The minimum Gasteiger partial charge on any atom is -0.454 e. The van der Waals surface area contributed by atoms with Crippen LogP contribution < -0.4 is 14.8 Å². The van der Waals surface area contributed by atoms with E-state index in [4.69, 9.17) is 9.47 Å². The van der Waals surface area contributed by atoms with Crippen molar-refractivity contribution >= 4 is 29.4 Å². The standard InChI is InChI=1S/C24H24N2O5/c1-16(27)19-13-21-22(31-15-30-21)14-20(19)25-24(29)18-9-11-26(12-10-18)23(28)8-7-17-5-3-2-4-6-17/h2-8,13-14,18H,9-12,15H2,1H3,(H,25,29)/b8-7+. The van der Waals surface area contributed by atoms with E-state index in [-0.39, 0.29) is 30.3 Å². The molecule has 2 amide bonds. The number of piperidine rings is 1. The summed E-state index contributed by atoms with van der Waals surface area (Å²) in [6.45, 7) is 2.56. The Morgan fingerprint density at radius 2 is 1.71 bits per heavy atom. The highest BCUT2D eigenvalue weighted by Crippen LogP contribution is 2.37. The molecule has 0 atom stereocenters. The van der Waals surface area contributed by atoms with Gasteiger partial charge in [-0.3, -0.25) is 14.4 Å². The van der Waals surface area contributed by atoms with Crippen molar-refractivity contribution in [2.75, 3.05) is 25.2 Å². The number of nitrogens with zero attached hydrogens (tertiary/aromatic N) is 1. The average molecular weight is 420 g/mol. The number of rotatable bonds is 5. The molecule has 1 fully saturated rings. The van der Waals surface area contributed by atoms with Crippen LogP contribution in [-0.2, 0) is 9.59 Å². The monoisotopic (exact) mass is 420 g/mol. The highest BCUT2D eigenvalue weighted by atomic mass is 16.7. The summed E-state index contributed by atoms with van der Waals surface area (Å²) in [6, 6.07) is 12.9. The van der Waals surface area contributed by atoms with Gasteiger partial charge in [0.15, 0.2) is 17.3 Å². The molecule has 160 valence electrons. The zero-order valence-corrected chi connectivity index (χ0v) is 17.3. The number of carbonyl (C=O) groups is 3. The van der Waals surface area contributed by atoms with Gasteiger partial charge in [0.2, 0.25) is 18.6 Å². The van der Waals surface area contributed by atoms with E-state index in [2.05, 4.69) is 5.32 Å². The molecule has 2 heterocycles. The zero-order valence-electron chi connectivity index (χ0n) is 17.3. The Morgan fingerprint density at radius 1 is 1.03 bits per heavy atom. The fraction of sp³-hybridized carbons (Fsp3) is 0.292. The smallest absolute Gasteiger partial charge is 0.246 e. The van der Waals surface area contributed by atoms with Crippen LogP contribution in [0.15, 0.2) is 48.5 Å². The third-order valence-corrected chi connectivity index (χ3v) is 5.55. The van der Waals surface area contributed by atoms with Gasteiger partial charge in [0.05, 0.1) is 5.69 Å². The predicted molar refractivity (Wildman–Crippen MR) is 116 cm³/mol. The Balaban J connectivity index is 1.35. The summed E-state index contributed by atoms with van der Waals surface area (Å²) < 4.78 is 10.7. The Kier molecular flexibility index (Phi) is 6.02. The fourth-order valence-electron chi connectivity index (χ4n) is 3.77. The third kappa shape index (κ3) is 4.77. The van der Waals surface area contributed by atoms with Gasteiger partial charge in [0.1, 0.15) is 0 Å². The predicted octanol–water partition coefficient (Wildman–Crippen LogP) is 3.51. The third-order valence-electron chi connectivity index (χ3n) is 5.55. The molecule has 7 nitrogen and oxygen atoms in total. The van der Waals surface area contributed by atoms with Crippen molar-refractivity contribution in [2.45, 2.75) is 19.8 Å². The van der Waals surface area contributed by atoms with Crippen molar-refractivity contribution in [3.63, 3.8) is 0 Å². The van der Waals surface area contributed by atoms with Crippen molar-refractivity contribution in [2.24, 2.45) is 5.92 Å². The number of Topliss-reactive ketones (excluding diaryl/α,β-unsaturated/α-hetero) is 1. The second-order valence-corrected chi connectivity index (χ2v) is 7.64. The fourth-order valence-corrected chi connectivity index (χ4v) is 3.77. The van der Waals surface area contributed by atoms with Crippen molar-refractivity contribution in [1.29, 1.82) is 0 Å². The molecule has 1 N–H and O–H groups in total. The Labute approximate surface area is 180 Å². The molecule has 2 aliphatic rings. The number of benzene rings is 2. The van der Waals surface area contributed by atoms with Crippen molar-refractivity contribution in [3.8, 4) is 11.5 Å². The van der Waals surface area contributed by atoms with E-state index < -0.39 is 0 Å². The topological polar surface area (TPSA) is 84.9 Å². The number of hydrogen-bond acceptors (Lipinski definition) is 5. The van der Waals surface area contributed by atoms with Gasteiger partial charge in [-0.1, -0.05) is 30.3 Å². The number of hydrogen-bond donors (Lipinski definition) is 1. The van der Waals surface area contributed by atoms with Gasteiger partial charge in [-0.25, -0.2) is 0 Å². The molecule has 7 heteroatoms. The Morgan fingerprint density at radius 3 is 2.39 bits per heavy atom. The molecule has 2 aliphatic heterocycles. The van der Waals surface area contributed by atoms with E-state index in [9.17, 15) is 14.4 Å². The minimum atomic E-state index is -0.229. The first-order chi connectivity index (χ1) is 15.0. The van der Waals surface area contributed by atoms with Crippen molar-refractivity contribution in [1.82, 2.24) is 4.90 Å².